The molecule has 0 saturated carbocycles. The predicted molar refractivity (Wildman–Crippen MR) is 136 cm³/mol. The minimum atomic E-state index is -0.995. The third-order valence-electron chi connectivity index (χ3n) is 6.37. The minimum absolute atomic E-state index is 0.403. The molecule has 2 heterocycles. The van der Waals surface area contributed by atoms with Gasteiger partial charge in [-0.15, -0.1) is 10.2 Å². The lowest BCUT2D eigenvalue weighted by molar-refractivity contribution is 0.0729. The molecule has 4 aromatic rings. The molecule has 0 aliphatic rings. The first kappa shape index (κ1) is 23.5. The van der Waals surface area contributed by atoms with Crippen LogP contribution in [0.2, 0.25) is 0 Å². The van der Waals surface area contributed by atoms with E-state index < -0.39 is 5.60 Å². The van der Waals surface area contributed by atoms with Crippen molar-refractivity contribution in [1.82, 2.24) is 20.4 Å². The van der Waals surface area contributed by atoms with Gasteiger partial charge in [-0.2, -0.15) is 10.2 Å². The number of hydrogen-bond acceptors (Lipinski definition) is 6. The molecule has 2 aromatic carbocycles. The molecule has 0 fully saturated rings. The van der Waals surface area contributed by atoms with Crippen LogP contribution in [0.15, 0.2) is 72.8 Å². The maximum atomic E-state index is 10.1. The first-order valence-electron chi connectivity index (χ1n) is 11.6. The third kappa shape index (κ3) is 5.46. The fourth-order valence-electron chi connectivity index (χ4n) is 3.96. The summed E-state index contributed by atoms with van der Waals surface area (Å²) in [6.45, 7) is 7.97. The summed E-state index contributed by atoms with van der Waals surface area (Å²) in [6.07, 6.45) is 0.987. The molecule has 4 rings (SSSR count). The molecule has 3 N–H and O–H groups in total. The molecular weight excluding hydrogens is 422 g/mol. The molecule has 6 heteroatoms. The van der Waals surface area contributed by atoms with E-state index >= 15 is 0 Å². The van der Waals surface area contributed by atoms with Crippen LogP contribution in [0.25, 0.3) is 22.5 Å². The van der Waals surface area contributed by atoms with Crippen LogP contribution in [-0.4, -0.2) is 25.5 Å². The van der Waals surface area contributed by atoms with E-state index in [1.807, 2.05) is 18.2 Å². The zero-order valence-electron chi connectivity index (χ0n) is 20.1. The molecule has 0 spiro atoms. The van der Waals surface area contributed by atoms with Crippen molar-refractivity contribution in [2.24, 2.45) is 5.92 Å². The van der Waals surface area contributed by atoms with E-state index in [0.717, 1.165) is 28.9 Å². The third-order valence-corrected chi connectivity index (χ3v) is 6.37. The predicted octanol–water partition coefficient (Wildman–Crippen LogP) is 5.39. The molecule has 174 valence electrons. The number of aromatic nitrogens is 4. The molecular formula is C28H31N5O. The van der Waals surface area contributed by atoms with Crippen LogP contribution in [0, 0.1) is 5.92 Å². The number of nitrogens with two attached hydrogens (primary N) is 1. The summed E-state index contributed by atoms with van der Waals surface area (Å²) in [5.74, 6) is 1.30. The summed E-state index contributed by atoms with van der Waals surface area (Å²) in [5.41, 5.74) is 11.5. The normalized spacial score (nSPS) is 13.4. The fraction of sp³-hybridized carbons (Fsp3) is 0.286. The van der Waals surface area contributed by atoms with Gasteiger partial charge in [-0.1, -0.05) is 62.4 Å². The average molecular weight is 454 g/mol. The van der Waals surface area contributed by atoms with Gasteiger partial charge in [-0.3, -0.25) is 0 Å². The Morgan fingerprint density at radius 1 is 0.735 bits per heavy atom. The van der Waals surface area contributed by atoms with Gasteiger partial charge in [0, 0.05) is 11.1 Å². The van der Waals surface area contributed by atoms with Gasteiger partial charge in [0.2, 0.25) is 0 Å². The Labute approximate surface area is 200 Å². The summed E-state index contributed by atoms with van der Waals surface area (Å²) in [4.78, 5) is 0. The molecule has 0 aliphatic carbocycles. The first-order chi connectivity index (χ1) is 16.2. The summed E-state index contributed by atoms with van der Waals surface area (Å²) >= 11 is 0. The van der Waals surface area contributed by atoms with E-state index in [1.54, 1.807) is 19.9 Å². The SMILES string of the molecule is CC(Cc1ccc(-c2ccc(N)nn2)cc1)C(C)c1ccc(-c2ccc(C(C)(C)O)nn2)cc1. The van der Waals surface area contributed by atoms with E-state index in [1.165, 1.54) is 11.1 Å². The highest BCUT2D eigenvalue weighted by Gasteiger charge is 2.19. The molecule has 2 atom stereocenters. The molecule has 0 saturated heterocycles. The lowest BCUT2D eigenvalue weighted by Gasteiger charge is -2.21. The molecule has 6 nitrogen and oxygen atoms in total. The molecule has 0 amide bonds. The monoisotopic (exact) mass is 453 g/mol. The molecule has 0 aliphatic heterocycles. The second-order valence-electron chi connectivity index (χ2n) is 9.50. The number of rotatable bonds is 7. The highest BCUT2D eigenvalue weighted by atomic mass is 16.3. The quantitative estimate of drug-likeness (QED) is 0.389. The average Bonchev–Trinajstić information content (AvgIpc) is 2.84. The highest BCUT2D eigenvalue weighted by molar-refractivity contribution is 5.60. The number of hydrogen-bond donors (Lipinski definition) is 2. The summed E-state index contributed by atoms with van der Waals surface area (Å²) < 4.78 is 0. The number of anilines is 1. The minimum Gasteiger partial charge on any atom is -0.384 e. The van der Waals surface area contributed by atoms with Crippen molar-refractivity contribution in [1.29, 1.82) is 0 Å². The van der Waals surface area contributed by atoms with Crippen molar-refractivity contribution >= 4 is 5.82 Å². The van der Waals surface area contributed by atoms with Crippen LogP contribution in [-0.2, 0) is 12.0 Å². The smallest absolute Gasteiger partial charge is 0.146 e. The van der Waals surface area contributed by atoms with E-state index in [4.69, 9.17) is 5.73 Å². The Balaban J connectivity index is 1.40. The van der Waals surface area contributed by atoms with Crippen LogP contribution in [0.4, 0.5) is 5.82 Å². The molecule has 34 heavy (non-hydrogen) atoms. The van der Waals surface area contributed by atoms with Crippen molar-refractivity contribution in [2.75, 3.05) is 5.73 Å². The van der Waals surface area contributed by atoms with Gasteiger partial charge < -0.3 is 10.8 Å². The topological polar surface area (TPSA) is 97.8 Å². The molecule has 0 radical (unpaired) electrons. The van der Waals surface area contributed by atoms with E-state index in [0.29, 0.717) is 23.3 Å². The maximum absolute atomic E-state index is 10.1. The Hall–Kier alpha value is -3.64. The van der Waals surface area contributed by atoms with Gasteiger partial charge in [0.15, 0.2) is 0 Å². The summed E-state index contributed by atoms with van der Waals surface area (Å²) in [6, 6.07) is 24.4. The second-order valence-corrected chi connectivity index (χ2v) is 9.50. The molecule has 2 aromatic heterocycles. The summed E-state index contributed by atoms with van der Waals surface area (Å²) in [5, 5.41) is 26.6. The lowest BCUT2D eigenvalue weighted by Crippen LogP contribution is -2.18. The van der Waals surface area contributed by atoms with Gasteiger partial charge in [0.25, 0.3) is 0 Å². The fourth-order valence-corrected chi connectivity index (χ4v) is 3.96. The van der Waals surface area contributed by atoms with E-state index in [2.05, 4.69) is 82.8 Å². The van der Waals surface area contributed by atoms with Crippen molar-refractivity contribution < 1.29 is 5.11 Å². The van der Waals surface area contributed by atoms with E-state index in [-0.39, 0.29) is 0 Å². The second kappa shape index (κ2) is 9.69. The molecule has 0 bridgehead atoms. The number of nitrogens with zero attached hydrogens (tertiary/aromatic N) is 4. The number of benzene rings is 2. The Kier molecular flexibility index (Phi) is 6.70. The first-order valence-corrected chi connectivity index (χ1v) is 11.6. The zero-order chi connectivity index (χ0) is 24.3. The van der Waals surface area contributed by atoms with Gasteiger partial charge in [-0.05, 0) is 67.5 Å². The van der Waals surface area contributed by atoms with Crippen LogP contribution >= 0.6 is 0 Å². The van der Waals surface area contributed by atoms with Gasteiger partial charge in [0.1, 0.15) is 11.4 Å². The largest absolute Gasteiger partial charge is 0.384 e. The van der Waals surface area contributed by atoms with Crippen molar-refractivity contribution in [2.45, 2.75) is 45.6 Å². The highest BCUT2D eigenvalue weighted by Crippen LogP contribution is 2.29. The van der Waals surface area contributed by atoms with Crippen molar-refractivity contribution in [3.63, 3.8) is 0 Å². The van der Waals surface area contributed by atoms with Crippen LogP contribution in [0.1, 0.15) is 50.4 Å². The van der Waals surface area contributed by atoms with Crippen LogP contribution in [0.5, 0.6) is 0 Å². The van der Waals surface area contributed by atoms with Crippen LogP contribution < -0.4 is 5.73 Å². The lowest BCUT2D eigenvalue weighted by atomic mass is 9.84. The Morgan fingerprint density at radius 2 is 1.29 bits per heavy atom. The standard InChI is InChI=1S/C28H31N5O/c1-18(17-20-5-7-22(8-6-20)25-14-16-27(29)33-31-25)19(2)21-9-11-23(12-10-21)24-13-15-26(32-30-24)28(3,4)34/h5-16,18-19,34H,17H2,1-4H3,(H2,29,33). The number of nitrogen functional groups attached to an aromatic ring is 1. The number of aliphatic hydroxyl groups is 1. The molecule has 2 unspecified atom stereocenters. The van der Waals surface area contributed by atoms with Gasteiger partial charge >= 0.3 is 0 Å². The van der Waals surface area contributed by atoms with Crippen LogP contribution in [0.3, 0.4) is 0 Å². The summed E-state index contributed by atoms with van der Waals surface area (Å²) in [7, 11) is 0. The van der Waals surface area contributed by atoms with Gasteiger partial charge in [0.05, 0.1) is 17.1 Å². The van der Waals surface area contributed by atoms with Crippen molar-refractivity contribution in [3.05, 3.63) is 89.6 Å². The van der Waals surface area contributed by atoms with Crippen molar-refractivity contribution in [3.8, 4) is 22.5 Å². The van der Waals surface area contributed by atoms with Gasteiger partial charge in [-0.25, -0.2) is 0 Å². The van der Waals surface area contributed by atoms with E-state index in [9.17, 15) is 5.11 Å². The zero-order valence-corrected chi connectivity index (χ0v) is 20.1. The Bertz CT molecular complexity index is 1210. The maximum Gasteiger partial charge on any atom is 0.146 e. The Morgan fingerprint density at radius 3 is 1.79 bits per heavy atom.